The van der Waals surface area contributed by atoms with E-state index in [0.29, 0.717) is 17.6 Å². The molecule has 0 aromatic rings. The van der Waals surface area contributed by atoms with E-state index in [1.54, 1.807) is 7.11 Å². The number of ketones is 1. The molecule has 3 unspecified atom stereocenters. The van der Waals surface area contributed by atoms with Gasteiger partial charge >= 0.3 is 0 Å². The van der Waals surface area contributed by atoms with E-state index in [4.69, 9.17) is 14.2 Å². The minimum Gasteiger partial charge on any atom is -0.381 e. The minimum absolute atomic E-state index is 0.0101. The van der Waals surface area contributed by atoms with Crippen LogP contribution < -0.4 is 0 Å². The molecular weight excluding hydrogens is 352 g/mol. The molecule has 4 nitrogen and oxygen atoms in total. The first-order chi connectivity index (χ1) is 13.2. The summed E-state index contributed by atoms with van der Waals surface area (Å²) in [5.41, 5.74) is -0.297. The van der Waals surface area contributed by atoms with Crippen LogP contribution in [0.1, 0.15) is 79.6 Å². The lowest BCUT2D eigenvalue weighted by molar-refractivity contribution is -0.220. The Hall–Kier alpha value is -0.450. The monoisotopic (exact) mass is 394 g/mol. The van der Waals surface area contributed by atoms with Crippen LogP contribution >= 0.6 is 0 Å². The highest BCUT2D eigenvalue weighted by Gasteiger charge is 2.68. The normalized spacial score (nSPS) is 48.8. The van der Waals surface area contributed by atoms with E-state index in [1.165, 1.54) is 6.42 Å². The largest absolute Gasteiger partial charge is 0.381 e. The lowest BCUT2D eigenvalue weighted by atomic mass is 9.43. The smallest absolute Gasteiger partial charge is 0.146 e. The highest BCUT2D eigenvalue weighted by Crippen LogP contribution is 2.68. The Morgan fingerprint density at radius 3 is 2.39 bits per heavy atom. The SMILES string of the molecule is CCC[C@]1(C)C[C@@H](OCOC)[C@@]2(C)C3C(OC)CCC3(CC[C@H]2C)[C@@H](C)C1=O. The number of methoxy groups -OCH3 is 2. The van der Waals surface area contributed by atoms with Crippen LogP contribution in [0.5, 0.6) is 0 Å². The Labute approximate surface area is 172 Å². The maximum Gasteiger partial charge on any atom is 0.146 e. The molecule has 162 valence electrons. The molecule has 0 amide bonds. The maximum absolute atomic E-state index is 13.9. The molecule has 2 bridgehead atoms. The van der Waals surface area contributed by atoms with E-state index in [2.05, 4.69) is 34.6 Å². The van der Waals surface area contributed by atoms with E-state index in [1.807, 2.05) is 7.11 Å². The van der Waals surface area contributed by atoms with Gasteiger partial charge in [-0.2, -0.15) is 0 Å². The Morgan fingerprint density at radius 2 is 1.79 bits per heavy atom. The Kier molecular flexibility index (Phi) is 6.35. The Balaban J connectivity index is 2.17. The van der Waals surface area contributed by atoms with E-state index in [0.717, 1.165) is 38.5 Å². The van der Waals surface area contributed by atoms with Crippen LogP contribution in [-0.2, 0) is 19.0 Å². The summed E-state index contributed by atoms with van der Waals surface area (Å²) in [6.07, 6.45) is 7.43. The van der Waals surface area contributed by atoms with Gasteiger partial charge in [0.25, 0.3) is 0 Å². The van der Waals surface area contributed by atoms with Gasteiger partial charge in [0.2, 0.25) is 0 Å². The van der Waals surface area contributed by atoms with Crippen molar-refractivity contribution >= 4 is 5.78 Å². The molecule has 3 fully saturated rings. The number of ether oxygens (including phenoxy) is 3. The van der Waals surface area contributed by atoms with Crippen molar-refractivity contribution in [2.75, 3.05) is 21.0 Å². The number of carbonyl (C=O) groups is 1. The van der Waals surface area contributed by atoms with Crippen molar-refractivity contribution in [1.82, 2.24) is 0 Å². The summed E-state index contributed by atoms with van der Waals surface area (Å²) in [7, 11) is 3.54. The van der Waals surface area contributed by atoms with Gasteiger partial charge in [0.15, 0.2) is 0 Å². The molecule has 0 heterocycles. The fraction of sp³-hybridized carbons (Fsp3) is 0.958. The van der Waals surface area contributed by atoms with Crippen molar-refractivity contribution in [3.63, 3.8) is 0 Å². The van der Waals surface area contributed by atoms with Gasteiger partial charge in [-0.3, -0.25) is 4.79 Å². The lowest BCUT2D eigenvalue weighted by Gasteiger charge is -2.62. The molecule has 0 spiro atoms. The van der Waals surface area contributed by atoms with Crippen LogP contribution in [0.15, 0.2) is 0 Å². The first kappa shape index (κ1) is 22.2. The molecular formula is C24H42O4. The summed E-state index contributed by atoms with van der Waals surface area (Å²) in [6, 6.07) is 0. The van der Waals surface area contributed by atoms with Gasteiger partial charge in [0, 0.05) is 31.0 Å². The third-order valence-corrected chi connectivity index (χ3v) is 9.33. The van der Waals surface area contributed by atoms with Crippen LogP contribution in [0.2, 0.25) is 0 Å². The summed E-state index contributed by atoms with van der Waals surface area (Å²) in [5, 5.41) is 0. The summed E-state index contributed by atoms with van der Waals surface area (Å²) in [6.45, 7) is 11.7. The van der Waals surface area contributed by atoms with Crippen molar-refractivity contribution in [2.45, 2.75) is 91.8 Å². The number of hydrogen-bond donors (Lipinski definition) is 0. The number of carbonyl (C=O) groups excluding carboxylic acids is 1. The Bertz CT molecular complexity index is 577. The van der Waals surface area contributed by atoms with Crippen molar-refractivity contribution < 1.29 is 19.0 Å². The third kappa shape index (κ3) is 3.09. The summed E-state index contributed by atoms with van der Waals surface area (Å²) in [5.74, 6) is 1.44. The van der Waals surface area contributed by atoms with Crippen LogP contribution in [0.4, 0.5) is 0 Å². The zero-order chi connectivity index (χ0) is 20.7. The third-order valence-electron chi connectivity index (χ3n) is 9.33. The molecule has 4 heteroatoms. The molecule has 28 heavy (non-hydrogen) atoms. The topological polar surface area (TPSA) is 44.8 Å². The van der Waals surface area contributed by atoms with E-state index in [9.17, 15) is 4.79 Å². The highest BCUT2D eigenvalue weighted by atomic mass is 16.7. The average Bonchev–Trinajstić information content (AvgIpc) is 3.07. The number of rotatable bonds is 6. The molecule has 0 saturated heterocycles. The molecule has 3 rings (SSSR count). The second kappa shape index (κ2) is 8.00. The van der Waals surface area contributed by atoms with Crippen molar-refractivity contribution in [2.24, 2.45) is 34.0 Å². The summed E-state index contributed by atoms with van der Waals surface area (Å²) in [4.78, 5) is 13.9. The van der Waals surface area contributed by atoms with Crippen molar-refractivity contribution in [1.29, 1.82) is 0 Å². The van der Waals surface area contributed by atoms with Gasteiger partial charge in [-0.15, -0.1) is 0 Å². The van der Waals surface area contributed by atoms with Crippen molar-refractivity contribution in [3.05, 3.63) is 0 Å². The zero-order valence-corrected chi connectivity index (χ0v) is 19.2. The van der Waals surface area contributed by atoms with Gasteiger partial charge < -0.3 is 14.2 Å². The zero-order valence-electron chi connectivity index (χ0n) is 19.2. The standard InChI is InChI=1S/C24H42O4/c1-8-11-22(4)14-19(28-15-26-6)23(5)16(2)9-12-24(17(3)21(22)25)13-10-18(27-7)20(23)24/h16-20H,8-15H2,1-7H3/t16-,17+,18?,19-,20?,22-,23+,24?/m1/s1. The summed E-state index contributed by atoms with van der Waals surface area (Å²) >= 11 is 0. The molecule has 3 aliphatic carbocycles. The van der Waals surface area contributed by atoms with Crippen LogP contribution in [0.3, 0.4) is 0 Å². The number of Topliss-reactive ketones (excluding diaryl/α,β-unsaturated/α-hetero) is 1. The molecule has 0 radical (unpaired) electrons. The molecule has 0 aliphatic heterocycles. The first-order valence-electron chi connectivity index (χ1n) is 11.4. The first-order valence-corrected chi connectivity index (χ1v) is 11.4. The summed E-state index contributed by atoms with van der Waals surface area (Å²) < 4.78 is 17.8. The van der Waals surface area contributed by atoms with Gasteiger partial charge in [-0.05, 0) is 55.8 Å². The minimum atomic E-state index is -0.325. The van der Waals surface area contributed by atoms with Crippen LogP contribution in [-0.4, -0.2) is 39.0 Å². The van der Waals surface area contributed by atoms with Gasteiger partial charge in [0.05, 0.1) is 12.2 Å². The lowest BCUT2D eigenvalue weighted by Crippen LogP contribution is -2.62. The highest BCUT2D eigenvalue weighted by molar-refractivity contribution is 5.87. The molecule has 3 aliphatic rings. The van der Waals surface area contributed by atoms with Gasteiger partial charge in [-0.1, -0.05) is 41.0 Å². The molecule has 8 atom stereocenters. The maximum atomic E-state index is 13.9. The quantitative estimate of drug-likeness (QED) is 0.578. The van der Waals surface area contributed by atoms with Crippen molar-refractivity contribution in [3.8, 4) is 0 Å². The van der Waals surface area contributed by atoms with E-state index < -0.39 is 0 Å². The average molecular weight is 395 g/mol. The predicted molar refractivity (Wildman–Crippen MR) is 111 cm³/mol. The predicted octanol–water partition coefficient (Wildman–Crippen LogP) is 5.24. The molecule has 3 saturated carbocycles. The molecule has 0 N–H and O–H groups in total. The molecule has 0 aromatic heterocycles. The van der Waals surface area contributed by atoms with Crippen LogP contribution in [0.25, 0.3) is 0 Å². The van der Waals surface area contributed by atoms with Gasteiger partial charge in [0.1, 0.15) is 12.6 Å². The Morgan fingerprint density at radius 1 is 1.11 bits per heavy atom. The second-order valence-electron chi connectivity index (χ2n) is 10.5. The molecule has 0 aromatic carbocycles. The van der Waals surface area contributed by atoms with Gasteiger partial charge in [-0.25, -0.2) is 0 Å². The fourth-order valence-corrected chi connectivity index (χ4v) is 7.66. The second-order valence-corrected chi connectivity index (χ2v) is 10.5. The van der Waals surface area contributed by atoms with E-state index >= 15 is 0 Å². The van der Waals surface area contributed by atoms with Crippen LogP contribution in [0, 0.1) is 34.0 Å². The number of hydrogen-bond acceptors (Lipinski definition) is 4. The fourth-order valence-electron chi connectivity index (χ4n) is 7.66. The van der Waals surface area contributed by atoms with E-state index in [-0.39, 0.29) is 41.2 Å².